The molecule has 0 heterocycles. The maximum Gasteiger partial charge on any atom is 0.171 e. The topological polar surface area (TPSA) is 40.5 Å². The van der Waals surface area contributed by atoms with Gasteiger partial charge in [0.1, 0.15) is 0 Å². The van der Waals surface area contributed by atoms with Crippen LogP contribution in [0, 0.1) is 28.6 Å². The zero-order valence-corrected chi connectivity index (χ0v) is 9.95. The number of aliphatic hydroxyl groups is 2. The summed E-state index contributed by atoms with van der Waals surface area (Å²) in [7, 11) is 0. The molecule has 3 fully saturated rings. The average molecular weight is 210 g/mol. The number of hydrogen-bond donors (Lipinski definition) is 2. The molecule has 3 aliphatic carbocycles. The summed E-state index contributed by atoms with van der Waals surface area (Å²) in [6.07, 6.45) is 4.72. The molecule has 2 N–H and O–H groups in total. The van der Waals surface area contributed by atoms with Crippen molar-refractivity contribution in [1.29, 1.82) is 0 Å². The fourth-order valence-electron chi connectivity index (χ4n) is 5.23. The molecule has 2 nitrogen and oxygen atoms in total. The first kappa shape index (κ1) is 10.1. The fourth-order valence-corrected chi connectivity index (χ4v) is 5.23. The Morgan fingerprint density at radius 3 is 1.87 bits per heavy atom. The first-order chi connectivity index (χ1) is 6.88. The van der Waals surface area contributed by atoms with Crippen molar-refractivity contribution >= 4 is 0 Å². The lowest BCUT2D eigenvalue weighted by atomic mass is 9.26. The second kappa shape index (κ2) is 2.43. The summed E-state index contributed by atoms with van der Waals surface area (Å²) < 4.78 is 0. The van der Waals surface area contributed by atoms with E-state index in [2.05, 4.69) is 13.8 Å². The van der Waals surface area contributed by atoms with Gasteiger partial charge in [0.2, 0.25) is 0 Å². The van der Waals surface area contributed by atoms with Crippen molar-refractivity contribution in [2.45, 2.75) is 52.2 Å². The summed E-state index contributed by atoms with van der Waals surface area (Å²) in [5, 5.41) is 20.6. The highest BCUT2D eigenvalue weighted by Gasteiger charge is 2.81. The number of fused-ring (bicyclic) bond motifs is 1. The average Bonchev–Trinajstić information content (AvgIpc) is 2.18. The lowest BCUT2D eigenvalue weighted by Crippen LogP contribution is -2.81. The Morgan fingerprint density at radius 1 is 0.933 bits per heavy atom. The number of rotatable bonds is 0. The molecule has 0 bridgehead atoms. The molecule has 3 saturated carbocycles. The fraction of sp³-hybridized carbons (Fsp3) is 1.00. The van der Waals surface area contributed by atoms with Crippen molar-refractivity contribution in [3.63, 3.8) is 0 Å². The Labute approximate surface area is 91.7 Å². The summed E-state index contributed by atoms with van der Waals surface area (Å²) in [5.74, 6) is -0.143. The third-order valence-corrected chi connectivity index (χ3v) is 6.34. The normalized spacial score (nSPS) is 61.0. The second-order valence-electron chi connectivity index (χ2n) is 6.50. The van der Waals surface area contributed by atoms with E-state index in [9.17, 15) is 10.2 Å². The van der Waals surface area contributed by atoms with Gasteiger partial charge in [0.25, 0.3) is 0 Å². The summed E-state index contributed by atoms with van der Waals surface area (Å²) in [6.45, 7) is 6.45. The highest BCUT2D eigenvalue weighted by atomic mass is 16.5. The molecule has 0 amide bonds. The Balaban J connectivity index is 1.98. The first-order valence-corrected chi connectivity index (χ1v) is 6.33. The summed E-state index contributed by atoms with van der Waals surface area (Å²) in [4.78, 5) is 0. The van der Waals surface area contributed by atoms with Gasteiger partial charge < -0.3 is 10.2 Å². The van der Waals surface area contributed by atoms with Crippen LogP contribution >= 0.6 is 0 Å². The SMILES string of the molecule is CC1CC2(C(C)CC23CCC3C)C1(O)O. The molecular formula is C13H22O2. The third-order valence-electron chi connectivity index (χ3n) is 6.34. The first-order valence-electron chi connectivity index (χ1n) is 6.33. The van der Waals surface area contributed by atoms with Crippen molar-refractivity contribution in [2.75, 3.05) is 0 Å². The molecule has 86 valence electrons. The van der Waals surface area contributed by atoms with Gasteiger partial charge in [-0.15, -0.1) is 0 Å². The molecule has 0 aromatic rings. The lowest BCUT2D eigenvalue weighted by molar-refractivity contribution is -0.446. The van der Waals surface area contributed by atoms with Crippen LogP contribution in [0.25, 0.3) is 0 Å². The van der Waals surface area contributed by atoms with Gasteiger partial charge in [-0.05, 0) is 42.9 Å². The molecule has 0 aliphatic heterocycles. The summed E-state index contributed by atoms with van der Waals surface area (Å²) >= 11 is 0. The molecule has 0 aromatic carbocycles. The Morgan fingerprint density at radius 2 is 1.60 bits per heavy atom. The molecule has 5 unspecified atom stereocenters. The minimum Gasteiger partial charge on any atom is -0.365 e. The van der Waals surface area contributed by atoms with Crippen molar-refractivity contribution < 1.29 is 10.2 Å². The van der Waals surface area contributed by atoms with Crippen molar-refractivity contribution in [3.8, 4) is 0 Å². The minimum absolute atomic E-state index is 0.0601. The van der Waals surface area contributed by atoms with E-state index >= 15 is 0 Å². The maximum atomic E-state index is 10.3. The van der Waals surface area contributed by atoms with Gasteiger partial charge in [0, 0.05) is 11.3 Å². The van der Waals surface area contributed by atoms with Crippen molar-refractivity contribution in [2.24, 2.45) is 28.6 Å². The van der Waals surface area contributed by atoms with E-state index < -0.39 is 5.79 Å². The largest absolute Gasteiger partial charge is 0.365 e. The van der Waals surface area contributed by atoms with Crippen LogP contribution < -0.4 is 0 Å². The van der Waals surface area contributed by atoms with Gasteiger partial charge in [0.15, 0.2) is 5.79 Å². The van der Waals surface area contributed by atoms with Gasteiger partial charge in [0.05, 0.1) is 0 Å². The van der Waals surface area contributed by atoms with E-state index in [4.69, 9.17) is 0 Å². The molecule has 0 saturated heterocycles. The third kappa shape index (κ3) is 0.734. The Kier molecular flexibility index (Phi) is 1.64. The smallest absolute Gasteiger partial charge is 0.171 e. The second-order valence-corrected chi connectivity index (χ2v) is 6.50. The van der Waals surface area contributed by atoms with Gasteiger partial charge in [-0.1, -0.05) is 20.8 Å². The van der Waals surface area contributed by atoms with Crippen LogP contribution in [-0.4, -0.2) is 16.0 Å². The lowest BCUT2D eigenvalue weighted by Gasteiger charge is -2.80. The Bertz CT molecular complexity index is 312. The molecular weight excluding hydrogens is 188 g/mol. The maximum absolute atomic E-state index is 10.3. The van der Waals surface area contributed by atoms with Gasteiger partial charge in [-0.2, -0.15) is 0 Å². The zero-order chi connectivity index (χ0) is 11.1. The minimum atomic E-state index is -1.39. The highest BCUT2D eigenvalue weighted by Crippen LogP contribution is 2.81. The molecule has 3 aliphatic rings. The van der Waals surface area contributed by atoms with Gasteiger partial charge in [-0.3, -0.25) is 0 Å². The van der Waals surface area contributed by atoms with Crippen LogP contribution in [0.4, 0.5) is 0 Å². The predicted octanol–water partition coefficient (Wildman–Crippen LogP) is 2.15. The highest BCUT2D eigenvalue weighted by molar-refractivity contribution is 5.26. The van der Waals surface area contributed by atoms with Gasteiger partial charge in [-0.25, -0.2) is 0 Å². The molecule has 3 rings (SSSR count). The van der Waals surface area contributed by atoms with Crippen LogP contribution in [0.2, 0.25) is 0 Å². The summed E-state index contributed by atoms with van der Waals surface area (Å²) in [6, 6.07) is 0. The van der Waals surface area contributed by atoms with Crippen LogP contribution in [0.15, 0.2) is 0 Å². The van der Waals surface area contributed by atoms with Crippen molar-refractivity contribution in [1.82, 2.24) is 0 Å². The molecule has 15 heavy (non-hydrogen) atoms. The van der Waals surface area contributed by atoms with Crippen molar-refractivity contribution in [3.05, 3.63) is 0 Å². The van der Waals surface area contributed by atoms with Crippen LogP contribution in [0.3, 0.4) is 0 Å². The quantitative estimate of drug-likeness (QED) is 0.601. The van der Waals surface area contributed by atoms with Crippen LogP contribution in [-0.2, 0) is 0 Å². The molecule has 0 aromatic heterocycles. The predicted molar refractivity (Wildman–Crippen MR) is 58.0 cm³/mol. The van der Waals surface area contributed by atoms with E-state index in [0.717, 1.165) is 6.42 Å². The van der Waals surface area contributed by atoms with E-state index in [1.165, 1.54) is 19.3 Å². The van der Waals surface area contributed by atoms with E-state index in [0.29, 0.717) is 11.8 Å². The van der Waals surface area contributed by atoms with Gasteiger partial charge >= 0.3 is 0 Å². The zero-order valence-electron chi connectivity index (χ0n) is 9.95. The van der Waals surface area contributed by atoms with E-state index in [1.54, 1.807) is 0 Å². The number of hydrogen-bond acceptors (Lipinski definition) is 2. The van der Waals surface area contributed by atoms with Crippen LogP contribution in [0.5, 0.6) is 0 Å². The Hall–Kier alpha value is -0.0800. The summed E-state index contributed by atoms with van der Waals surface area (Å²) in [5.41, 5.74) is 0.125. The van der Waals surface area contributed by atoms with Crippen LogP contribution in [0.1, 0.15) is 46.5 Å². The molecule has 5 atom stereocenters. The monoisotopic (exact) mass is 210 g/mol. The standard InChI is InChI=1S/C13H22O2/c1-8-4-5-11(8)6-9(2)12(11)7-10(3)13(12,14)15/h8-10,14-15H,4-7H2,1-3H3. The molecule has 2 heteroatoms. The molecule has 2 spiro atoms. The van der Waals surface area contributed by atoms with E-state index in [1.807, 2.05) is 6.92 Å². The molecule has 0 radical (unpaired) electrons. The van der Waals surface area contributed by atoms with E-state index in [-0.39, 0.29) is 16.7 Å².